The zero-order valence-electron chi connectivity index (χ0n) is 13.1. The fraction of sp³-hybridized carbons (Fsp3) is 0.211. The Kier molecular flexibility index (Phi) is 3.92. The number of carbonyl (C=O) groups is 1. The predicted octanol–water partition coefficient (Wildman–Crippen LogP) is 3.30. The maximum Gasteiger partial charge on any atom is 0.337 e. The highest BCUT2D eigenvalue weighted by Gasteiger charge is 2.41. The van der Waals surface area contributed by atoms with Crippen LogP contribution in [0.4, 0.5) is 0 Å². The topological polar surface area (TPSA) is 55.8 Å². The van der Waals surface area contributed by atoms with Crippen molar-refractivity contribution in [2.75, 3.05) is 0 Å². The first-order valence-electron chi connectivity index (χ1n) is 7.41. The van der Waals surface area contributed by atoms with E-state index in [1.54, 1.807) is 6.92 Å². The Balaban J connectivity index is 1.76. The highest BCUT2D eigenvalue weighted by Crippen LogP contribution is 2.38. The third-order valence-corrected chi connectivity index (χ3v) is 3.83. The third-order valence-electron chi connectivity index (χ3n) is 3.83. The Morgan fingerprint density at radius 2 is 1.74 bits per heavy atom. The van der Waals surface area contributed by atoms with Crippen molar-refractivity contribution in [1.29, 1.82) is 0 Å². The van der Waals surface area contributed by atoms with E-state index in [1.165, 1.54) is 6.92 Å². The minimum Gasteiger partial charge on any atom is -0.489 e. The van der Waals surface area contributed by atoms with Gasteiger partial charge in [-0.1, -0.05) is 42.5 Å². The predicted molar refractivity (Wildman–Crippen MR) is 86.5 cm³/mol. The second-order valence-electron chi connectivity index (χ2n) is 5.67. The van der Waals surface area contributed by atoms with E-state index in [0.29, 0.717) is 17.8 Å². The quantitative estimate of drug-likeness (QED) is 0.880. The molecule has 0 fully saturated rings. The van der Waals surface area contributed by atoms with Gasteiger partial charge in [0.15, 0.2) is 0 Å². The lowest BCUT2D eigenvalue weighted by Gasteiger charge is -2.20. The van der Waals surface area contributed by atoms with Gasteiger partial charge in [-0.25, -0.2) is 4.79 Å². The molecule has 2 aromatic rings. The number of carbonyl (C=O) groups excluding carboxylic acids is 1. The zero-order valence-corrected chi connectivity index (χ0v) is 13.1. The van der Waals surface area contributed by atoms with Gasteiger partial charge in [-0.15, -0.1) is 0 Å². The molecule has 1 heterocycles. The lowest BCUT2D eigenvalue weighted by Crippen LogP contribution is -2.26. The molecule has 0 spiro atoms. The van der Waals surface area contributed by atoms with E-state index in [1.807, 2.05) is 54.6 Å². The summed E-state index contributed by atoms with van der Waals surface area (Å²) in [4.78, 5) is 11.6. The molecular weight excluding hydrogens is 292 g/mol. The Bertz CT molecular complexity index is 743. The zero-order chi connectivity index (χ0) is 16.4. The fourth-order valence-electron chi connectivity index (χ4n) is 2.70. The molecular formula is C19H18O4. The Morgan fingerprint density at radius 1 is 1.09 bits per heavy atom. The molecule has 0 amide bonds. The molecule has 118 valence electrons. The molecule has 0 radical (unpaired) electrons. The summed E-state index contributed by atoms with van der Waals surface area (Å²) < 4.78 is 10.7. The van der Waals surface area contributed by atoms with Crippen molar-refractivity contribution < 1.29 is 19.4 Å². The van der Waals surface area contributed by atoms with E-state index in [4.69, 9.17) is 9.47 Å². The second kappa shape index (κ2) is 5.89. The van der Waals surface area contributed by atoms with Crippen LogP contribution >= 0.6 is 0 Å². The van der Waals surface area contributed by atoms with Gasteiger partial charge in [0.2, 0.25) is 5.79 Å². The molecule has 4 nitrogen and oxygen atoms in total. The average Bonchev–Trinajstić information content (AvgIpc) is 2.75. The molecule has 2 aromatic carbocycles. The molecule has 1 aliphatic heterocycles. The largest absolute Gasteiger partial charge is 0.489 e. The Morgan fingerprint density at radius 3 is 2.30 bits per heavy atom. The summed E-state index contributed by atoms with van der Waals surface area (Å²) in [6.45, 7) is 3.61. The molecule has 1 N–H and O–H groups in total. The Hall–Kier alpha value is -2.59. The van der Waals surface area contributed by atoms with Gasteiger partial charge in [0.05, 0.1) is 0 Å². The lowest BCUT2D eigenvalue weighted by atomic mass is 9.96. The van der Waals surface area contributed by atoms with E-state index >= 15 is 0 Å². The highest BCUT2D eigenvalue weighted by atomic mass is 16.7. The smallest absolute Gasteiger partial charge is 0.337 e. The van der Waals surface area contributed by atoms with E-state index < -0.39 is 11.8 Å². The first-order valence-corrected chi connectivity index (χ1v) is 7.41. The number of cyclic esters (lactones) is 1. The van der Waals surface area contributed by atoms with E-state index in [-0.39, 0.29) is 0 Å². The highest BCUT2D eigenvalue weighted by molar-refractivity contribution is 6.03. The molecule has 0 aliphatic carbocycles. The number of ether oxygens (including phenoxy) is 2. The maximum absolute atomic E-state index is 11.6. The summed E-state index contributed by atoms with van der Waals surface area (Å²) in [6.07, 6.45) is 0. The van der Waals surface area contributed by atoms with Crippen LogP contribution in [0.3, 0.4) is 0 Å². The van der Waals surface area contributed by atoms with Gasteiger partial charge in [-0.05, 0) is 30.2 Å². The van der Waals surface area contributed by atoms with Crippen LogP contribution < -0.4 is 4.74 Å². The standard InChI is InChI=1S/C19H18O4/c1-13-17(19(2,21)23-18(13)20)15-8-10-16(11-9-15)22-12-14-6-4-3-5-7-14/h3-11,21H,12H2,1-2H3. The van der Waals surface area contributed by atoms with Crippen molar-refractivity contribution in [3.63, 3.8) is 0 Å². The normalized spacial score (nSPS) is 20.6. The van der Waals surface area contributed by atoms with E-state index in [2.05, 4.69) is 0 Å². The summed E-state index contributed by atoms with van der Waals surface area (Å²) in [7, 11) is 0. The van der Waals surface area contributed by atoms with Crippen molar-refractivity contribution in [3.8, 4) is 5.75 Å². The van der Waals surface area contributed by atoms with Gasteiger partial charge < -0.3 is 14.6 Å². The summed E-state index contributed by atoms with van der Waals surface area (Å²) in [5.41, 5.74) is 2.75. The molecule has 4 heteroatoms. The van der Waals surface area contributed by atoms with Crippen LogP contribution in [0.5, 0.6) is 5.75 Å². The molecule has 0 bridgehead atoms. The second-order valence-corrected chi connectivity index (χ2v) is 5.67. The van der Waals surface area contributed by atoms with Crippen LogP contribution in [0, 0.1) is 0 Å². The van der Waals surface area contributed by atoms with Gasteiger partial charge in [0, 0.05) is 18.1 Å². The molecule has 1 unspecified atom stereocenters. The van der Waals surface area contributed by atoms with Crippen molar-refractivity contribution in [2.24, 2.45) is 0 Å². The van der Waals surface area contributed by atoms with Gasteiger partial charge >= 0.3 is 5.97 Å². The first-order chi connectivity index (χ1) is 11.0. The van der Waals surface area contributed by atoms with Crippen molar-refractivity contribution >= 4 is 11.5 Å². The summed E-state index contributed by atoms with van der Waals surface area (Å²) >= 11 is 0. The van der Waals surface area contributed by atoms with Crippen LogP contribution in [-0.2, 0) is 16.1 Å². The van der Waals surface area contributed by atoms with Gasteiger partial charge in [-0.3, -0.25) is 0 Å². The maximum atomic E-state index is 11.6. The molecule has 1 aliphatic rings. The van der Waals surface area contributed by atoms with Crippen LogP contribution in [0.2, 0.25) is 0 Å². The third kappa shape index (κ3) is 3.12. The van der Waals surface area contributed by atoms with Gasteiger partial charge in [-0.2, -0.15) is 0 Å². The fourth-order valence-corrected chi connectivity index (χ4v) is 2.70. The van der Waals surface area contributed by atoms with Crippen molar-refractivity contribution in [3.05, 3.63) is 71.3 Å². The van der Waals surface area contributed by atoms with Crippen LogP contribution in [-0.4, -0.2) is 16.9 Å². The summed E-state index contributed by atoms with van der Waals surface area (Å²) in [5.74, 6) is -1.36. The number of rotatable bonds is 4. The lowest BCUT2D eigenvalue weighted by molar-refractivity contribution is -0.170. The van der Waals surface area contributed by atoms with Crippen molar-refractivity contribution in [2.45, 2.75) is 26.2 Å². The van der Waals surface area contributed by atoms with Gasteiger partial charge in [0.25, 0.3) is 0 Å². The number of hydrogen-bond acceptors (Lipinski definition) is 4. The van der Waals surface area contributed by atoms with Crippen molar-refractivity contribution in [1.82, 2.24) is 0 Å². The number of hydrogen-bond donors (Lipinski definition) is 1. The van der Waals surface area contributed by atoms with E-state index in [0.717, 1.165) is 16.9 Å². The molecule has 3 rings (SSSR count). The molecule has 1 atom stereocenters. The van der Waals surface area contributed by atoms with Crippen LogP contribution in [0.25, 0.3) is 5.57 Å². The number of aliphatic hydroxyl groups is 1. The minimum absolute atomic E-state index is 0.424. The monoisotopic (exact) mass is 310 g/mol. The molecule has 0 saturated heterocycles. The Labute approximate surface area is 135 Å². The number of esters is 1. The number of benzene rings is 2. The molecule has 0 aromatic heterocycles. The van der Waals surface area contributed by atoms with E-state index in [9.17, 15) is 9.90 Å². The van der Waals surface area contributed by atoms with Crippen LogP contribution in [0.15, 0.2) is 60.2 Å². The minimum atomic E-state index is -1.59. The van der Waals surface area contributed by atoms with Gasteiger partial charge in [0.1, 0.15) is 12.4 Å². The summed E-state index contributed by atoms with van der Waals surface area (Å²) in [5, 5.41) is 10.2. The summed E-state index contributed by atoms with van der Waals surface area (Å²) in [6, 6.07) is 17.2. The first kappa shape index (κ1) is 15.3. The van der Waals surface area contributed by atoms with Crippen LogP contribution in [0.1, 0.15) is 25.0 Å². The molecule has 23 heavy (non-hydrogen) atoms. The average molecular weight is 310 g/mol. The molecule has 0 saturated carbocycles. The SMILES string of the molecule is CC1=C(c2ccc(OCc3ccccc3)cc2)C(C)(O)OC1=O.